The third-order valence-corrected chi connectivity index (χ3v) is 6.47. The third kappa shape index (κ3) is 5.74. The van der Waals surface area contributed by atoms with Crippen molar-refractivity contribution in [3.05, 3.63) is 107 Å². The second-order valence-corrected chi connectivity index (χ2v) is 8.83. The Morgan fingerprint density at radius 2 is 1.76 bits per heavy atom. The van der Waals surface area contributed by atoms with Crippen LogP contribution < -0.4 is 10.6 Å². The van der Waals surface area contributed by atoms with Crippen LogP contribution in [0.4, 0.5) is 5.69 Å². The Kier molecular flexibility index (Phi) is 7.44. The lowest BCUT2D eigenvalue weighted by molar-refractivity contribution is -0.113. The van der Waals surface area contributed by atoms with Gasteiger partial charge in [0.2, 0.25) is 5.91 Å². The molecule has 6 nitrogen and oxygen atoms in total. The molecule has 0 atom stereocenters. The number of nitrogens with zero attached hydrogens (tertiary/aromatic N) is 2. The summed E-state index contributed by atoms with van der Waals surface area (Å²) in [6.07, 6.45) is 3.51. The molecular weight excluding hydrogens is 444 g/mol. The Morgan fingerprint density at radius 1 is 0.971 bits per heavy atom. The molecule has 0 saturated heterocycles. The van der Waals surface area contributed by atoms with E-state index in [0.717, 1.165) is 28.1 Å². The van der Waals surface area contributed by atoms with Crippen molar-refractivity contribution in [3.63, 3.8) is 0 Å². The first-order chi connectivity index (χ1) is 16.5. The van der Waals surface area contributed by atoms with E-state index in [1.165, 1.54) is 11.8 Å². The average Bonchev–Trinajstić information content (AvgIpc) is 3.33. The normalized spacial score (nSPS) is 10.6. The molecule has 4 rings (SSSR count). The maximum atomic E-state index is 12.7. The number of hydrogen-bond donors (Lipinski definition) is 2. The minimum atomic E-state index is -0.145. The number of aryl methyl sites for hydroxylation is 1. The zero-order valence-corrected chi connectivity index (χ0v) is 19.9. The van der Waals surface area contributed by atoms with Crippen molar-refractivity contribution in [3.8, 4) is 5.69 Å². The molecule has 3 aromatic carbocycles. The fraction of sp³-hybridized carbons (Fsp3) is 0.148. The van der Waals surface area contributed by atoms with Crippen molar-refractivity contribution in [1.29, 1.82) is 0 Å². The molecule has 1 aromatic heterocycles. The van der Waals surface area contributed by atoms with Crippen molar-refractivity contribution in [2.24, 2.45) is 0 Å². The van der Waals surface area contributed by atoms with E-state index in [1.807, 2.05) is 91.3 Å². The molecule has 0 bridgehead atoms. The van der Waals surface area contributed by atoms with E-state index in [-0.39, 0.29) is 17.6 Å². The predicted octanol–water partition coefficient (Wildman–Crippen LogP) is 5.15. The van der Waals surface area contributed by atoms with E-state index >= 15 is 0 Å². The monoisotopic (exact) mass is 470 g/mol. The van der Waals surface area contributed by atoms with Gasteiger partial charge in [-0.1, -0.05) is 60.3 Å². The molecule has 2 N–H and O–H groups in total. The lowest BCUT2D eigenvalue weighted by atomic mass is 10.1. The highest BCUT2D eigenvalue weighted by molar-refractivity contribution is 7.99. The highest BCUT2D eigenvalue weighted by Gasteiger charge is 2.12. The van der Waals surface area contributed by atoms with Crippen molar-refractivity contribution in [2.45, 2.75) is 25.5 Å². The Bertz CT molecular complexity index is 1300. The summed E-state index contributed by atoms with van der Waals surface area (Å²) in [4.78, 5) is 29.6. The maximum Gasteiger partial charge on any atom is 0.251 e. The molecule has 0 aliphatic rings. The number of amides is 2. The van der Waals surface area contributed by atoms with Crippen molar-refractivity contribution < 1.29 is 9.59 Å². The fourth-order valence-corrected chi connectivity index (χ4v) is 4.25. The van der Waals surface area contributed by atoms with Crippen molar-refractivity contribution in [2.75, 3.05) is 11.1 Å². The van der Waals surface area contributed by atoms with Gasteiger partial charge >= 0.3 is 0 Å². The minimum absolute atomic E-state index is 0.0951. The minimum Gasteiger partial charge on any atom is -0.348 e. The van der Waals surface area contributed by atoms with Crippen molar-refractivity contribution >= 4 is 29.3 Å². The summed E-state index contributed by atoms with van der Waals surface area (Å²) in [5.41, 5.74) is 5.43. The van der Waals surface area contributed by atoms with Crippen molar-refractivity contribution in [1.82, 2.24) is 14.9 Å². The highest BCUT2D eigenvalue weighted by atomic mass is 32.2. The molecule has 0 unspecified atom stereocenters. The lowest BCUT2D eigenvalue weighted by Crippen LogP contribution is -2.22. The van der Waals surface area contributed by atoms with Crippen LogP contribution in [0.1, 0.15) is 27.0 Å². The van der Waals surface area contributed by atoms with Crippen LogP contribution in [0.25, 0.3) is 5.69 Å². The van der Waals surface area contributed by atoms with Crippen LogP contribution >= 0.6 is 11.8 Å². The summed E-state index contributed by atoms with van der Waals surface area (Å²) in [7, 11) is 0. The molecule has 2 amide bonds. The molecule has 0 fully saturated rings. The molecule has 1 heterocycles. The highest BCUT2D eigenvalue weighted by Crippen LogP contribution is 2.23. The smallest absolute Gasteiger partial charge is 0.251 e. The van der Waals surface area contributed by atoms with Crippen LogP contribution in [-0.4, -0.2) is 27.1 Å². The van der Waals surface area contributed by atoms with E-state index in [1.54, 1.807) is 12.3 Å². The van der Waals surface area contributed by atoms with Crippen LogP contribution in [0.5, 0.6) is 0 Å². The Labute approximate surface area is 203 Å². The molecule has 172 valence electrons. The molecule has 0 radical (unpaired) electrons. The zero-order chi connectivity index (χ0) is 23.9. The van der Waals surface area contributed by atoms with Crippen LogP contribution in [0, 0.1) is 13.8 Å². The standard InChI is InChI=1S/C27H26N4O2S/c1-19-8-6-13-24(20(19)2)30-25(32)18-34-27-28-14-15-31(27)23-12-7-11-22(16-23)26(33)29-17-21-9-4-3-5-10-21/h3-16H,17-18H2,1-2H3,(H,29,33)(H,30,32). The van der Waals surface area contributed by atoms with E-state index in [0.29, 0.717) is 17.3 Å². The number of carbonyl (C=O) groups is 2. The number of thioether (sulfide) groups is 1. The van der Waals surface area contributed by atoms with Crippen LogP contribution in [-0.2, 0) is 11.3 Å². The SMILES string of the molecule is Cc1cccc(NC(=O)CSc2nccn2-c2cccc(C(=O)NCc3ccccc3)c2)c1C. The van der Waals surface area contributed by atoms with Gasteiger partial charge in [0.1, 0.15) is 0 Å². The van der Waals surface area contributed by atoms with Gasteiger partial charge in [0.25, 0.3) is 5.91 Å². The molecular formula is C27H26N4O2S. The summed E-state index contributed by atoms with van der Waals surface area (Å²) in [5, 5.41) is 6.61. The van der Waals surface area contributed by atoms with E-state index in [4.69, 9.17) is 0 Å². The first-order valence-corrected chi connectivity index (χ1v) is 11.9. The largest absolute Gasteiger partial charge is 0.348 e. The number of hydrogen-bond acceptors (Lipinski definition) is 4. The van der Waals surface area contributed by atoms with Gasteiger partial charge in [-0.05, 0) is 54.8 Å². The topological polar surface area (TPSA) is 76.0 Å². The average molecular weight is 471 g/mol. The van der Waals surface area contributed by atoms with Crippen LogP contribution in [0.2, 0.25) is 0 Å². The maximum absolute atomic E-state index is 12.7. The third-order valence-electron chi connectivity index (χ3n) is 5.50. The van der Waals surface area contributed by atoms with Gasteiger partial charge < -0.3 is 10.6 Å². The predicted molar refractivity (Wildman–Crippen MR) is 136 cm³/mol. The van der Waals surface area contributed by atoms with Crippen LogP contribution in [0.3, 0.4) is 0 Å². The Hall–Kier alpha value is -3.84. The number of rotatable bonds is 8. The molecule has 0 aliphatic carbocycles. The van der Waals surface area contributed by atoms with Gasteiger partial charge in [0, 0.05) is 35.9 Å². The number of nitrogens with one attached hydrogen (secondary N) is 2. The Morgan fingerprint density at radius 3 is 2.59 bits per heavy atom. The first-order valence-electron chi connectivity index (χ1n) is 11.0. The number of aromatic nitrogens is 2. The van der Waals surface area contributed by atoms with E-state index in [9.17, 15) is 9.59 Å². The van der Waals surface area contributed by atoms with E-state index in [2.05, 4.69) is 15.6 Å². The zero-order valence-electron chi connectivity index (χ0n) is 19.1. The number of imidazole rings is 1. The molecule has 7 heteroatoms. The molecule has 0 spiro atoms. The number of carbonyl (C=O) groups excluding carboxylic acids is 2. The second-order valence-electron chi connectivity index (χ2n) is 7.88. The quantitative estimate of drug-likeness (QED) is 0.349. The second kappa shape index (κ2) is 10.9. The molecule has 34 heavy (non-hydrogen) atoms. The van der Waals surface area contributed by atoms with Gasteiger partial charge in [0.15, 0.2) is 5.16 Å². The summed E-state index contributed by atoms with van der Waals surface area (Å²) < 4.78 is 1.88. The molecule has 4 aromatic rings. The Balaban J connectivity index is 1.40. The van der Waals surface area contributed by atoms with Gasteiger partial charge in [-0.3, -0.25) is 14.2 Å². The van der Waals surface area contributed by atoms with Gasteiger partial charge in [-0.15, -0.1) is 0 Å². The van der Waals surface area contributed by atoms with E-state index < -0.39 is 0 Å². The summed E-state index contributed by atoms with van der Waals surface area (Å²) in [5.74, 6) is -0.0167. The lowest BCUT2D eigenvalue weighted by Gasteiger charge is -2.11. The van der Waals surface area contributed by atoms with Crippen LogP contribution in [0.15, 0.2) is 90.3 Å². The summed E-state index contributed by atoms with van der Waals surface area (Å²) in [6, 6.07) is 23.0. The fourth-order valence-electron chi connectivity index (χ4n) is 3.47. The van der Waals surface area contributed by atoms with Gasteiger partial charge in [-0.25, -0.2) is 4.98 Å². The van der Waals surface area contributed by atoms with Gasteiger partial charge in [0.05, 0.1) is 5.75 Å². The first kappa shape index (κ1) is 23.3. The summed E-state index contributed by atoms with van der Waals surface area (Å²) in [6.45, 7) is 4.48. The molecule has 0 saturated carbocycles. The van der Waals surface area contributed by atoms with Gasteiger partial charge in [-0.2, -0.15) is 0 Å². The number of anilines is 1. The summed E-state index contributed by atoms with van der Waals surface area (Å²) >= 11 is 1.35. The number of benzene rings is 3. The molecule has 0 aliphatic heterocycles.